The lowest BCUT2D eigenvalue weighted by Crippen LogP contribution is -2.12. The molecule has 1 heterocycles. The van der Waals surface area contributed by atoms with Gasteiger partial charge < -0.3 is 15.0 Å². The Hall–Kier alpha value is -2.23. The van der Waals surface area contributed by atoms with Crippen molar-refractivity contribution in [3.63, 3.8) is 0 Å². The summed E-state index contributed by atoms with van der Waals surface area (Å²) in [6.45, 7) is 0. The summed E-state index contributed by atoms with van der Waals surface area (Å²) in [7, 11) is 1.14. The van der Waals surface area contributed by atoms with Gasteiger partial charge in [-0.3, -0.25) is 0 Å². The van der Waals surface area contributed by atoms with E-state index in [1.807, 2.05) is 0 Å². The molecular formula is C13H8Cl2FN3O2. The van der Waals surface area contributed by atoms with Crippen molar-refractivity contribution >= 4 is 34.9 Å². The summed E-state index contributed by atoms with van der Waals surface area (Å²) in [6, 6.07) is 4.17. The Balaban J connectivity index is 2.85. The lowest BCUT2D eigenvalue weighted by Gasteiger charge is -2.12. The van der Waals surface area contributed by atoms with Gasteiger partial charge in [0.1, 0.15) is 17.6 Å². The van der Waals surface area contributed by atoms with Crippen molar-refractivity contribution < 1.29 is 13.9 Å². The topological polar surface area (TPSA) is 81.0 Å². The number of hydrogen-bond acceptors (Lipinski definition) is 4. The molecule has 0 atom stereocenters. The quantitative estimate of drug-likeness (QED) is 0.678. The number of ether oxygens (including phenoxy) is 1. The van der Waals surface area contributed by atoms with E-state index in [1.165, 1.54) is 12.3 Å². The summed E-state index contributed by atoms with van der Waals surface area (Å²) in [5, 5.41) is 8.98. The first-order valence-electron chi connectivity index (χ1n) is 5.55. The largest absolute Gasteiger partial charge is 0.464 e. The van der Waals surface area contributed by atoms with E-state index in [4.69, 9.17) is 34.2 Å². The molecule has 0 saturated heterocycles. The standard InChI is InChI=1S/C13H8Cl2FN3O2/c1-21-13(20)12-10(18)6(4-17)5-19(12)11-8(16)3-2-7(14)9(11)15/h2-3,5H,18H2,1H3. The molecule has 0 fully saturated rings. The highest BCUT2D eigenvalue weighted by molar-refractivity contribution is 6.43. The number of nitrogens with two attached hydrogens (primary N) is 1. The Morgan fingerprint density at radius 2 is 2.14 bits per heavy atom. The lowest BCUT2D eigenvalue weighted by atomic mass is 10.2. The third-order valence-electron chi connectivity index (χ3n) is 2.80. The van der Waals surface area contributed by atoms with Crippen molar-refractivity contribution in [2.45, 2.75) is 0 Å². The Bertz CT molecular complexity index is 781. The van der Waals surface area contributed by atoms with E-state index in [9.17, 15) is 9.18 Å². The van der Waals surface area contributed by atoms with Crippen molar-refractivity contribution in [2.75, 3.05) is 12.8 Å². The van der Waals surface area contributed by atoms with Crippen molar-refractivity contribution in [2.24, 2.45) is 0 Å². The van der Waals surface area contributed by atoms with Crippen molar-refractivity contribution in [3.05, 3.63) is 45.4 Å². The fourth-order valence-corrected chi connectivity index (χ4v) is 2.22. The first-order chi connectivity index (χ1) is 9.92. The number of nitrogen functional groups attached to an aromatic ring is 1. The molecule has 21 heavy (non-hydrogen) atoms. The molecule has 0 aliphatic heterocycles. The first kappa shape index (κ1) is 15.2. The van der Waals surface area contributed by atoms with Gasteiger partial charge in [-0.15, -0.1) is 0 Å². The van der Waals surface area contributed by atoms with E-state index in [0.29, 0.717) is 0 Å². The minimum Gasteiger partial charge on any atom is -0.464 e. The van der Waals surface area contributed by atoms with Crippen molar-refractivity contribution in [3.8, 4) is 11.8 Å². The van der Waals surface area contributed by atoms with Crippen molar-refractivity contribution in [1.82, 2.24) is 4.57 Å². The summed E-state index contributed by atoms with van der Waals surface area (Å²) in [4.78, 5) is 11.8. The number of esters is 1. The van der Waals surface area contributed by atoms with E-state index in [1.54, 1.807) is 6.07 Å². The van der Waals surface area contributed by atoms with Gasteiger partial charge in [-0.25, -0.2) is 9.18 Å². The minimum atomic E-state index is -0.829. The lowest BCUT2D eigenvalue weighted by molar-refractivity contribution is 0.0593. The summed E-state index contributed by atoms with van der Waals surface area (Å²) in [5.74, 6) is -1.56. The molecule has 0 aliphatic carbocycles. The predicted octanol–water partition coefficient (Wildman–Crippen LogP) is 3.16. The molecule has 2 aromatic rings. The van der Waals surface area contributed by atoms with Crippen LogP contribution < -0.4 is 5.73 Å². The van der Waals surface area contributed by atoms with Crippen LogP contribution in [0.5, 0.6) is 0 Å². The number of carbonyl (C=O) groups is 1. The number of hydrogen-bond donors (Lipinski definition) is 1. The molecular weight excluding hydrogens is 320 g/mol. The maximum Gasteiger partial charge on any atom is 0.357 e. The molecule has 108 valence electrons. The van der Waals surface area contributed by atoms with Crippen LogP contribution in [0, 0.1) is 17.1 Å². The van der Waals surface area contributed by atoms with Crippen LogP contribution >= 0.6 is 23.2 Å². The molecule has 0 unspecified atom stereocenters. The zero-order valence-electron chi connectivity index (χ0n) is 10.7. The molecule has 2 N–H and O–H groups in total. The number of nitriles is 1. The predicted molar refractivity (Wildman–Crippen MR) is 76.2 cm³/mol. The summed E-state index contributed by atoms with van der Waals surface area (Å²) < 4.78 is 19.7. The molecule has 8 heteroatoms. The number of aromatic nitrogens is 1. The van der Waals surface area contributed by atoms with Crippen LogP contribution in [0.4, 0.5) is 10.1 Å². The molecule has 1 aromatic heterocycles. The normalized spacial score (nSPS) is 10.2. The Labute approximate surface area is 129 Å². The SMILES string of the molecule is COC(=O)c1c(N)c(C#N)cn1-c1c(F)ccc(Cl)c1Cl. The number of anilines is 1. The Morgan fingerprint density at radius 3 is 2.71 bits per heavy atom. The van der Waals surface area contributed by atoms with E-state index in [-0.39, 0.29) is 32.7 Å². The molecule has 0 bridgehead atoms. The first-order valence-corrected chi connectivity index (χ1v) is 6.31. The zero-order valence-corrected chi connectivity index (χ0v) is 12.2. The molecule has 0 aliphatic rings. The molecule has 0 spiro atoms. The highest BCUT2D eigenvalue weighted by Gasteiger charge is 2.25. The number of carbonyl (C=O) groups excluding carboxylic acids is 1. The number of benzene rings is 1. The molecule has 1 aromatic carbocycles. The van der Waals surface area contributed by atoms with Gasteiger partial charge >= 0.3 is 5.97 Å². The average molecular weight is 328 g/mol. The molecule has 2 rings (SSSR count). The van der Waals surface area contributed by atoms with E-state index >= 15 is 0 Å². The Kier molecular flexibility index (Phi) is 4.07. The number of nitrogens with zero attached hydrogens (tertiary/aromatic N) is 2. The molecule has 0 saturated carbocycles. The average Bonchev–Trinajstić information content (AvgIpc) is 2.79. The monoisotopic (exact) mass is 327 g/mol. The van der Waals surface area contributed by atoms with Crippen molar-refractivity contribution in [1.29, 1.82) is 5.26 Å². The number of rotatable bonds is 2. The van der Waals surface area contributed by atoms with Gasteiger partial charge in [-0.2, -0.15) is 5.26 Å². The third kappa shape index (κ3) is 2.42. The zero-order chi connectivity index (χ0) is 15.7. The van der Waals surface area contributed by atoms with Crippen LogP contribution in [0.2, 0.25) is 10.0 Å². The van der Waals surface area contributed by atoms with Crippen LogP contribution in [0.15, 0.2) is 18.3 Å². The second-order valence-corrected chi connectivity index (χ2v) is 4.76. The maximum atomic E-state index is 14.1. The van der Waals surface area contributed by atoms with Crippen LogP contribution in [-0.2, 0) is 4.74 Å². The second-order valence-electron chi connectivity index (χ2n) is 3.97. The fraction of sp³-hybridized carbons (Fsp3) is 0.0769. The van der Waals surface area contributed by atoms with E-state index < -0.39 is 11.8 Å². The van der Waals surface area contributed by atoms with Crippen LogP contribution in [0.1, 0.15) is 16.1 Å². The van der Waals surface area contributed by atoms with Gasteiger partial charge in [-0.05, 0) is 12.1 Å². The van der Waals surface area contributed by atoms with Gasteiger partial charge in [0.25, 0.3) is 0 Å². The minimum absolute atomic E-state index is 0.00848. The second kappa shape index (κ2) is 5.64. The number of halogens is 3. The van der Waals surface area contributed by atoms with Gasteiger partial charge in [-0.1, -0.05) is 23.2 Å². The fourth-order valence-electron chi connectivity index (χ4n) is 1.83. The highest BCUT2D eigenvalue weighted by atomic mass is 35.5. The van der Waals surface area contributed by atoms with Gasteiger partial charge in [0.15, 0.2) is 5.69 Å². The Morgan fingerprint density at radius 1 is 1.48 bits per heavy atom. The van der Waals surface area contributed by atoms with E-state index in [0.717, 1.165) is 17.7 Å². The van der Waals surface area contributed by atoms with Gasteiger partial charge in [0, 0.05) is 6.20 Å². The summed E-state index contributed by atoms with van der Waals surface area (Å²) >= 11 is 11.8. The third-order valence-corrected chi connectivity index (χ3v) is 3.60. The van der Waals surface area contributed by atoms with Gasteiger partial charge in [0.2, 0.25) is 0 Å². The molecule has 0 radical (unpaired) electrons. The van der Waals surface area contributed by atoms with Crippen LogP contribution in [0.25, 0.3) is 5.69 Å². The maximum absolute atomic E-state index is 14.1. The summed E-state index contributed by atoms with van der Waals surface area (Å²) in [6.07, 6.45) is 1.20. The number of methoxy groups -OCH3 is 1. The van der Waals surface area contributed by atoms with Crippen LogP contribution in [0.3, 0.4) is 0 Å². The smallest absolute Gasteiger partial charge is 0.357 e. The highest BCUT2D eigenvalue weighted by Crippen LogP contribution is 2.34. The van der Waals surface area contributed by atoms with Crippen LogP contribution in [-0.4, -0.2) is 17.6 Å². The van der Waals surface area contributed by atoms with E-state index in [2.05, 4.69) is 4.74 Å². The molecule has 0 amide bonds. The van der Waals surface area contributed by atoms with Gasteiger partial charge in [0.05, 0.1) is 28.4 Å². The molecule has 5 nitrogen and oxygen atoms in total. The summed E-state index contributed by atoms with van der Waals surface area (Å²) in [5.41, 5.74) is 5.21.